The minimum absolute atomic E-state index is 0.0243. The van der Waals surface area contributed by atoms with Crippen LogP contribution in [0.3, 0.4) is 0 Å². The SMILES string of the molecule is CCOC(C)c1nc(C)c(C(C)O)s1. The Bertz CT molecular complexity index is 296. The summed E-state index contributed by atoms with van der Waals surface area (Å²) < 4.78 is 5.44. The predicted octanol–water partition coefficient (Wildman–Crippen LogP) is 2.60. The highest BCUT2D eigenvalue weighted by molar-refractivity contribution is 7.11. The number of thiazole rings is 1. The zero-order chi connectivity index (χ0) is 10.7. The largest absolute Gasteiger partial charge is 0.388 e. The topological polar surface area (TPSA) is 42.4 Å². The fraction of sp³-hybridized carbons (Fsp3) is 0.700. The summed E-state index contributed by atoms with van der Waals surface area (Å²) in [7, 11) is 0. The summed E-state index contributed by atoms with van der Waals surface area (Å²) in [6, 6.07) is 0. The smallest absolute Gasteiger partial charge is 0.122 e. The highest BCUT2D eigenvalue weighted by Gasteiger charge is 2.16. The van der Waals surface area contributed by atoms with Gasteiger partial charge in [-0.15, -0.1) is 11.3 Å². The molecule has 2 unspecified atom stereocenters. The van der Waals surface area contributed by atoms with Crippen molar-refractivity contribution in [3.8, 4) is 0 Å². The van der Waals surface area contributed by atoms with Gasteiger partial charge in [-0.25, -0.2) is 4.98 Å². The van der Waals surface area contributed by atoms with E-state index in [0.717, 1.165) is 15.6 Å². The van der Waals surface area contributed by atoms with Gasteiger partial charge in [0.15, 0.2) is 0 Å². The van der Waals surface area contributed by atoms with Crippen LogP contribution < -0.4 is 0 Å². The molecule has 0 aliphatic rings. The minimum atomic E-state index is -0.435. The van der Waals surface area contributed by atoms with Gasteiger partial charge in [-0.2, -0.15) is 0 Å². The third-order valence-corrected chi connectivity index (χ3v) is 3.48. The van der Waals surface area contributed by atoms with Crippen molar-refractivity contribution >= 4 is 11.3 Å². The molecule has 2 atom stereocenters. The number of hydrogen-bond acceptors (Lipinski definition) is 4. The number of aliphatic hydroxyl groups excluding tert-OH is 1. The second kappa shape index (κ2) is 4.87. The van der Waals surface area contributed by atoms with Gasteiger partial charge < -0.3 is 9.84 Å². The van der Waals surface area contributed by atoms with E-state index in [1.165, 1.54) is 11.3 Å². The molecule has 1 rings (SSSR count). The van der Waals surface area contributed by atoms with Gasteiger partial charge in [-0.05, 0) is 27.7 Å². The van der Waals surface area contributed by atoms with Gasteiger partial charge in [-0.1, -0.05) is 0 Å². The quantitative estimate of drug-likeness (QED) is 0.839. The van der Waals surface area contributed by atoms with E-state index in [-0.39, 0.29) is 6.10 Å². The average Bonchev–Trinajstić information content (AvgIpc) is 2.48. The molecule has 0 aliphatic heterocycles. The van der Waals surface area contributed by atoms with Gasteiger partial charge in [0, 0.05) is 6.61 Å². The molecule has 1 heterocycles. The Labute approximate surface area is 88.8 Å². The predicted molar refractivity (Wildman–Crippen MR) is 57.5 cm³/mol. The van der Waals surface area contributed by atoms with E-state index in [4.69, 9.17) is 4.74 Å². The second-order valence-electron chi connectivity index (χ2n) is 3.28. The Morgan fingerprint density at radius 3 is 2.57 bits per heavy atom. The summed E-state index contributed by atoms with van der Waals surface area (Å²) in [5.41, 5.74) is 0.909. The third kappa shape index (κ3) is 2.53. The van der Waals surface area contributed by atoms with Crippen LogP contribution in [-0.2, 0) is 4.74 Å². The van der Waals surface area contributed by atoms with E-state index < -0.39 is 6.10 Å². The molecule has 0 bridgehead atoms. The lowest BCUT2D eigenvalue weighted by Crippen LogP contribution is -1.98. The van der Waals surface area contributed by atoms with Gasteiger partial charge in [0.05, 0.1) is 16.7 Å². The Morgan fingerprint density at radius 1 is 1.50 bits per heavy atom. The number of nitrogens with zero attached hydrogens (tertiary/aromatic N) is 1. The van der Waals surface area contributed by atoms with E-state index >= 15 is 0 Å². The van der Waals surface area contributed by atoms with Crippen molar-refractivity contribution in [3.63, 3.8) is 0 Å². The summed E-state index contributed by atoms with van der Waals surface area (Å²) in [5, 5.41) is 10.4. The number of rotatable bonds is 4. The fourth-order valence-corrected chi connectivity index (χ4v) is 2.32. The summed E-state index contributed by atoms with van der Waals surface area (Å²) in [4.78, 5) is 5.32. The molecule has 14 heavy (non-hydrogen) atoms. The van der Waals surface area contributed by atoms with Crippen molar-refractivity contribution < 1.29 is 9.84 Å². The van der Waals surface area contributed by atoms with Gasteiger partial charge in [0.2, 0.25) is 0 Å². The van der Waals surface area contributed by atoms with Crippen LogP contribution in [0.15, 0.2) is 0 Å². The lowest BCUT2D eigenvalue weighted by Gasteiger charge is -2.06. The summed E-state index contributed by atoms with van der Waals surface area (Å²) in [6.07, 6.45) is -0.411. The van der Waals surface area contributed by atoms with Gasteiger partial charge in [0.25, 0.3) is 0 Å². The van der Waals surface area contributed by atoms with Crippen LogP contribution >= 0.6 is 11.3 Å². The number of aliphatic hydroxyl groups is 1. The number of hydrogen-bond donors (Lipinski definition) is 1. The summed E-state index contributed by atoms with van der Waals surface area (Å²) in [6.45, 7) is 8.31. The van der Waals surface area contributed by atoms with Crippen molar-refractivity contribution in [2.24, 2.45) is 0 Å². The standard InChI is InChI=1S/C10H17NO2S/c1-5-13-8(4)10-11-6(2)9(14-10)7(3)12/h7-8,12H,5H2,1-4H3. The molecule has 0 radical (unpaired) electrons. The monoisotopic (exact) mass is 215 g/mol. The van der Waals surface area contributed by atoms with Crippen molar-refractivity contribution in [1.82, 2.24) is 4.98 Å². The first-order valence-electron chi connectivity index (χ1n) is 4.83. The second-order valence-corrected chi connectivity index (χ2v) is 4.34. The molecule has 0 saturated heterocycles. The van der Waals surface area contributed by atoms with Crippen LogP contribution in [0.5, 0.6) is 0 Å². The summed E-state index contributed by atoms with van der Waals surface area (Å²) >= 11 is 1.53. The molecule has 1 N–H and O–H groups in total. The highest BCUT2D eigenvalue weighted by atomic mass is 32.1. The van der Waals surface area contributed by atoms with Crippen molar-refractivity contribution in [2.45, 2.75) is 39.9 Å². The molecular weight excluding hydrogens is 198 g/mol. The highest BCUT2D eigenvalue weighted by Crippen LogP contribution is 2.29. The van der Waals surface area contributed by atoms with E-state index in [1.807, 2.05) is 20.8 Å². The van der Waals surface area contributed by atoms with Gasteiger partial charge in [-0.3, -0.25) is 0 Å². The molecule has 0 fully saturated rings. The Morgan fingerprint density at radius 2 is 2.14 bits per heavy atom. The fourth-order valence-electron chi connectivity index (χ4n) is 1.31. The Hall–Kier alpha value is -0.450. The molecule has 1 aromatic rings. The molecule has 3 nitrogen and oxygen atoms in total. The maximum atomic E-state index is 9.46. The van der Waals surface area contributed by atoms with E-state index in [1.54, 1.807) is 6.92 Å². The zero-order valence-corrected chi connectivity index (χ0v) is 9.89. The van der Waals surface area contributed by atoms with Crippen LogP contribution in [0.25, 0.3) is 0 Å². The van der Waals surface area contributed by atoms with E-state index in [2.05, 4.69) is 4.98 Å². The molecule has 0 saturated carbocycles. The molecule has 0 aliphatic carbocycles. The lowest BCUT2D eigenvalue weighted by molar-refractivity contribution is 0.0761. The van der Waals surface area contributed by atoms with Gasteiger partial charge in [0.1, 0.15) is 11.1 Å². The molecule has 1 aromatic heterocycles. The van der Waals surface area contributed by atoms with Crippen LogP contribution in [0.4, 0.5) is 0 Å². The van der Waals surface area contributed by atoms with E-state index in [0.29, 0.717) is 6.61 Å². The first-order chi connectivity index (χ1) is 6.56. The molecular formula is C10H17NO2S. The normalized spacial score (nSPS) is 15.5. The number of aromatic nitrogens is 1. The first-order valence-corrected chi connectivity index (χ1v) is 5.64. The number of ether oxygens (including phenoxy) is 1. The maximum absolute atomic E-state index is 9.46. The van der Waals surface area contributed by atoms with Crippen molar-refractivity contribution in [3.05, 3.63) is 15.6 Å². The molecule has 0 aromatic carbocycles. The maximum Gasteiger partial charge on any atom is 0.122 e. The molecule has 80 valence electrons. The number of aryl methyl sites for hydroxylation is 1. The van der Waals surface area contributed by atoms with Gasteiger partial charge >= 0.3 is 0 Å². The third-order valence-electron chi connectivity index (χ3n) is 1.99. The van der Waals surface area contributed by atoms with Crippen molar-refractivity contribution in [2.75, 3.05) is 6.61 Å². The molecule has 0 amide bonds. The molecule has 0 spiro atoms. The van der Waals surface area contributed by atoms with Crippen molar-refractivity contribution in [1.29, 1.82) is 0 Å². The van der Waals surface area contributed by atoms with Crippen LogP contribution in [0.2, 0.25) is 0 Å². The minimum Gasteiger partial charge on any atom is -0.388 e. The lowest BCUT2D eigenvalue weighted by atomic mass is 10.3. The summed E-state index contributed by atoms with van der Waals surface area (Å²) in [5.74, 6) is 0. The van der Waals surface area contributed by atoms with Crippen LogP contribution in [0, 0.1) is 6.92 Å². The zero-order valence-electron chi connectivity index (χ0n) is 9.07. The Kier molecular flexibility index (Phi) is 4.04. The van der Waals surface area contributed by atoms with E-state index in [9.17, 15) is 5.11 Å². The average molecular weight is 215 g/mol. The Balaban J connectivity index is 2.85. The molecule has 4 heteroatoms. The van der Waals surface area contributed by atoms with Crippen LogP contribution in [-0.4, -0.2) is 16.7 Å². The van der Waals surface area contributed by atoms with Crippen LogP contribution in [0.1, 0.15) is 48.6 Å². The first kappa shape index (κ1) is 11.6.